The average molecular weight is 439 g/mol. The van der Waals surface area contributed by atoms with Crippen LogP contribution < -0.4 is 0 Å². The normalized spacial score (nSPS) is 26.7. The van der Waals surface area contributed by atoms with Crippen LogP contribution in [-0.4, -0.2) is 66.9 Å². The lowest BCUT2D eigenvalue weighted by Crippen LogP contribution is -2.63. The van der Waals surface area contributed by atoms with E-state index in [-0.39, 0.29) is 24.4 Å². The van der Waals surface area contributed by atoms with E-state index in [0.29, 0.717) is 23.3 Å². The summed E-state index contributed by atoms with van der Waals surface area (Å²) >= 11 is 12.2. The number of benzene rings is 1. The first kappa shape index (κ1) is 21.1. The summed E-state index contributed by atoms with van der Waals surface area (Å²) in [6, 6.07) is 5.41. The minimum absolute atomic E-state index is 0.0333. The molecule has 5 nitrogen and oxygen atoms in total. The fourth-order valence-corrected chi connectivity index (χ4v) is 5.23. The van der Waals surface area contributed by atoms with E-state index < -0.39 is 5.79 Å². The fourth-order valence-electron chi connectivity index (χ4n) is 4.91. The first-order valence-corrected chi connectivity index (χ1v) is 11.1. The van der Waals surface area contributed by atoms with Crippen molar-refractivity contribution in [3.8, 4) is 0 Å². The van der Waals surface area contributed by atoms with Gasteiger partial charge in [-0.05, 0) is 30.5 Å². The highest BCUT2D eigenvalue weighted by molar-refractivity contribution is 6.42. The van der Waals surface area contributed by atoms with Gasteiger partial charge in [-0.3, -0.25) is 9.69 Å². The molecule has 0 N–H and O–H groups in total. The first-order valence-electron chi connectivity index (χ1n) is 10.4. The van der Waals surface area contributed by atoms with Gasteiger partial charge in [-0.2, -0.15) is 0 Å². The van der Waals surface area contributed by atoms with Gasteiger partial charge in [-0.1, -0.05) is 47.8 Å². The molecule has 29 heavy (non-hydrogen) atoms. The number of hydrogen-bond donors (Lipinski definition) is 0. The largest absolute Gasteiger partial charge is 0.345 e. The number of carbonyl (C=O) groups is 1. The molecule has 1 aromatic rings. The molecule has 2 atom stereocenters. The van der Waals surface area contributed by atoms with E-state index in [9.17, 15) is 4.79 Å². The van der Waals surface area contributed by atoms with Crippen molar-refractivity contribution in [2.45, 2.75) is 50.0 Å². The molecule has 1 spiro atoms. The summed E-state index contributed by atoms with van der Waals surface area (Å²) in [6.07, 6.45) is 8.67. The SMILES string of the molecule is CN(C(=O)Cc1ccc(Cl)c(Cl)c1)C1C(N2CC=CC2)CCCCC12OCCO2. The summed E-state index contributed by atoms with van der Waals surface area (Å²) in [5, 5.41) is 0.960. The van der Waals surface area contributed by atoms with Crippen LogP contribution in [0.3, 0.4) is 0 Å². The highest BCUT2D eigenvalue weighted by atomic mass is 35.5. The predicted octanol–water partition coefficient (Wildman–Crippen LogP) is 3.92. The number of amides is 1. The molecule has 0 bridgehead atoms. The molecule has 3 aliphatic rings. The quantitative estimate of drug-likeness (QED) is 0.667. The summed E-state index contributed by atoms with van der Waals surface area (Å²) in [4.78, 5) is 17.6. The lowest BCUT2D eigenvalue weighted by atomic mass is 9.93. The zero-order valence-electron chi connectivity index (χ0n) is 16.8. The summed E-state index contributed by atoms with van der Waals surface area (Å²) in [6.45, 7) is 2.98. The Balaban J connectivity index is 1.60. The molecule has 0 aromatic heterocycles. The van der Waals surface area contributed by atoms with Gasteiger partial charge < -0.3 is 14.4 Å². The number of likely N-dealkylation sites (N-methyl/N-ethyl adjacent to an activating group) is 1. The molecule has 1 saturated carbocycles. The number of carbonyl (C=O) groups excluding carboxylic acids is 1. The summed E-state index contributed by atoms with van der Waals surface area (Å²) in [5.74, 6) is -0.683. The molecule has 2 aliphatic heterocycles. The second kappa shape index (κ2) is 8.94. The van der Waals surface area contributed by atoms with Gasteiger partial charge in [0.05, 0.1) is 29.7 Å². The summed E-state index contributed by atoms with van der Waals surface area (Å²) in [5.41, 5.74) is 0.853. The maximum Gasteiger partial charge on any atom is 0.227 e. The Morgan fingerprint density at radius 1 is 1.17 bits per heavy atom. The van der Waals surface area contributed by atoms with Gasteiger partial charge in [0, 0.05) is 32.6 Å². The first-order chi connectivity index (χ1) is 14.0. The Morgan fingerprint density at radius 3 is 2.59 bits per heavy atom. The van der Waals surface area contributed by atoms with Crippen LogP contribution in [0, 0.1) is 0 Å². The smallest absolute Gasteiger partial charge is 0.227 e. The number of nitrogens with zero attached hydrogens (tertiary/aromatic N) is 2. The molecule has 0 radical (unpaired) electrons. The van der Waals surface area contributed by atoms with E-state index in [1.165, 1.54) is 0 Å². The molecule has 2 unspecified atom stereocenters. The van der Waals surface area contributed by atoms with E-state index in [0.717, 1.165) is 44.3 Å². The van der Waals surface area contributed by atoms with Crippen LogP contribution in [0.25, 0.3) is 0 Å². The lowest BCUT2D eigenvalue weighted by molar-refractivity contribution is -0.214. The molecule has 1 aromatic carbocycles. The molecule has 1 amide bonds. The molecule has 4 rings (SSSR count). The third-order valence-electron chi connectivity index (χ3n) is 6.33. The highest BCUT2D eigenvalue weighted by Gasteiger charge is 2.53. The van der Waals surface area contributed by atoms with Crippen molar-refractivity contribution in [2.24, 2.45) is 0 Å². The van der Waals surface area contributed by atoms with Crippen molar-refractivity contribution < 1.29 is 14.3 Å². The van der Waals surface area contributed by atoms with Crippen LogP contribution >= 0.6 is 23.2 Å². The fraction of sp³-hybridized carbons (Fsp3) is 0.591. The highest BCUT2D eigenvalue weighted by Crippen LogP contribution is 2.40. The van der Waals surface area contributed by atoms with Crippen LogP contribution in [0.1, 0.15) is 31.2 Å². The van der Waals surface area contributed by atoms with Crippen molar-refractivity contribution >= 4 is 29.1 Å². The molecule has 2 fully saturated rings. The summed E-state index contributed by atoms with van der Waals surface area (Å²) < 4.78 is 12.4. The number of hydrogen-bond acceptors (Lipinski definition) is 4. The zero-order chi connectivity index (χ0) is 20.4. The standard InChI is InChI=1S/C22H28Cl2N2O3/c1-25(20(27)15-16-7-8-17(23)18(24)14-16)21-19(26-10-4-5-11-26)6-2-3-9-22(21)28-12-13-29-22/h4-5,7-8,14,19,21H,2-3,6,9-13,15H2,1H3. The van der Waals surface area contributed by atoms with Crippen LogP contribution in [0.15, 0.2) is 30.4 Å². The molecule has 1 saturated heterocycles. The second-order valence-electron chi connectivity index (χ2n) is 8.12. The third-order valence-corrected chi connectivity index (χ3v) is 7.07. The van der Waals surface area contributed by atoms with Gasteiger partial charge in [0.25, 0.3) is 0 Å². The van der Waals surface area contributed by atoms with Crippen molar-refractivity contribution in [3.05, 3.63) is 46.0 Å². The van der Waals surface area contributed by atoms with Gasteiger partial charge in [0.1, 0.15) is 6.04 Å². The maximum absolute atomic E-state index is 13.3. The van der Waals surface area contributed by atoms with Gasteiger partial charge in [0.2, 0.25) is 5.91 Å². The maximum atomic E-state index is 13.3. The number of rotatable bonds is 4. The Kier molecular flexibility index (Phi) is 6.52. The van der Waals surface area contributed by atoms with E-state index >= 15 is 0 Å². The van der Waals surface area contributed by atoms with Crippen molar-refractivity contribution in [2.75, 3.05) is 33.4 Å². The molecular formula is C22H28Cl2N2O3. The third kappa shape index (κ3) is 4.35. The van der Waals surface area contributed by atoms with Gasteiger partial charge in [0.15, 0.2) is 5.79 Å². The van der Waals surface area contributed by atoms with Crippen LogP contribution in [0.5, 0.6) is 0 Å². The number of ether oxygens (including phenoxy) is 2. The van der Waals surface area contributed by atoms with E-state index in [1.54, 1.807) is 12.1 Å². The summed E-state index contributed by atoms with van der Waals surface area (Å²) in [7, 11) is 1.89. The van der Waals surface area contributed by atoms with Crippen molar-refractivity contribution in [1.82, 2.24) is 9.80 Å². The molecule has 2 heterocycles. The number of halogens is 2. The van der Waals surface area contributed by atoms with Crippen LogP contribution in [0.4, 0.5) is 0 Å². The predicted molar refractivity (Wildman–Crippen MR) is 114 cm³/mol. The van der Waals surface area contributed by atoms with E-state index in [4.69, 9.17) is 32.7 Å². The Morgan fingerprint density at radius 2 is 1.90 bits per heavy atom. The zero-order valence-corrected chi connectivity index (χ0v) is 18.3. The Hall–Kier alpha value is -1.11. The molecule has 158 valence electrons. The average Bonchev–Trinajstić information content (AvgIpc) is 3.36. The van der Waals surface area contributed by atoms with E-state index in [1.807, 2.05) is 18.0 Å². The van der Waals surface area contributed by atoms with Crippen LogP contribution in [-0.2, 0) is 20.7 Å². The molecular weight excluding hydrogens is 411 g/mol. The monoisotopic (exact) mass is 438 g/mol. The molecule has 7 heteroatoms. The molecule has 1 aliphatic carbocycles. The lowest BCUT2D eigenvalue weighted by Gasteiger charge is -2.46. The minimum atomic E-state index is -0.716. The van der Waals surface area contributed by atoms with Crippen molar-refractivity contribution in [1.29, 1.82) is 0 Å². The Bertz CT molecular complexity index is 771. The second-order valence-corrected chi connectivity index (χ2v) is 8.94. The van der Waals surface area contributed by atoms with Crippen molar-refractivity contribution in [3.63, 3.8) is 0 Å². The minimum Gasteiger partial charge on any atom is -0.345 e. The Labute approximate surface area is 182 Å². The van der Waals surface area contributed by atoms with E-state index in [2.05, 4.69) is 17.1 Å². The van der Waals surface area contributed by atoms with Gasteiger partial charge in [-0.25, -0.2) is 0 Å². The topological polar surface area (TPSA) is 42.0 Å². The van der Waals surface area contributed by atoms with Gasteiger partial charge in [-0.15, -0.1) is 0 Å². The van der Waals surface area contributed by atoms with Crippen LogP contribution in [0.2, 0.25) is 10.0 Å². The van der Waals surface area contributed by atoms with Gasteiger partial charge >= 0.3 is 0 Å².